The molecule has 28 heavy (non-hydrogen) atoms. The minimum Gasteiger partial charge on any atom is -0.339 e. The number of nitrogens with one attached hydrogen (secondary N) is 1. The Hall–Kier alpha value is -1.63. The van der Waals surface area contributed by atoms with Crippen LogP contribution in [0.2, 0.25) is 0 Å². The number of likely N-dealkylation sites (tertiary alicyclic amines) is 2. The summed E-state index contributed by atoms with van der Waals surface area (Å²) in [5.41, 5.74) is 0.269. The molecule has 1 saturated carbocycles. The van der Waals surface area contributed by atoms with Crippen LogP contribution in [-0.4, -0.2) is 59.2 Å². The Labute approximate surface area is 168 Å². The first-order valence-corrected chi connectivity index (χ1v) is 11.0. The standard InChI is InChI=1S/C21H35N5O2/c1-15(2)7-10-22-20(27)26-11-8-21(9-12-26)13-17(25(3)14-21)18-23-19(28-24-18)16-5-4-6-16/h15-17H,4-14H2,1-3H3,(H,22,27). The highest BCUT2D eigenvalue weighted by molar-refractivity contribution is 5.74. The minimum atomic E-state index is 0.0988. The van der Waals surface area contributed by atoms with Gasteiger partial charge in [0.15, 0.2) is 5.82 Å². The van der Waals surface area contributed by atoms with Crippen molar-refractivity contribution in [2.24, 2.45) is 11.3 Å². The second-order valence-electron chi connectivity index (χ2n) is 9.66. The van der Waals surface area contributed by atoms with Crippen LogP contribution in [0.1, 0.15) is 82.5 Å². The molecule has 0 aromatic carbocycles. The molecule has 156 valence electrons. The molecule has 1 aliphatic carbocycles. The zero-order chi connectivity index (χ0) is 19.7. The summed E-state index contributed by atoms with van der Waals surface area (Å²) in [5, 5.41) is 7.39. The molecule has 1 spiro atoms. The van der Waals surface area contributed by atoms with E-state index in [0.29, 0.717) is 11.8 Å². The monoisotopic (exact) mass is 389 g/mol. The van der Waals surface area contributed by atoms with E-state index in [1.165, 1.54) is 19.3 Å². The van der Waals surface area contributed by atoms with Gasteiger partial charge in [-0.05, 0) is 56.9 Å². The van der Waals surface area contributed by atoms with Crippen LogP contribution < -0.4 is 5.32 Å². The molecule has 4 rings (SSSR count). The number of aromatic nitrogens is 2. The highest BCUT2D eigenvalue weighted by Crippen LogP contribution is 2.48. The average Bonchev–Trinajstić information content (AvgIpc) is 3.19. The number of urea groups is 1. The Kier molecular flexibility index (Phi) is 5.63. The second-order valence-corrected chi connectivity index (χ2v) is 9.66. The molecule has 1 atom stereocenters. The van der Waals surface area contributed by atoms with E-state index in [9.17, 15) is 4.79 Å². The van der Waals surface area contributed by atoms with E-state index in [4.69, 9.17) is 9.51 Å². The molecule has 1 aromatic heterocycles. The lowest BCUT2D eigenvalue weighted by molar-refractivity contribution is 0.122. The fourth-order valence-electron chi connectivity index (χ4n) is 4.89. The van der Waals surface area contributed by atoms with Crippen molar-refractivity contribution < 1.29 is 9.32 Å². The van der Waals surface area contributed by atoms with Crippen LogP contribution in [0.5, 0.6) is 0 Å². The lowest BCUT2D eigenvalue weighted by Gasteiger charge is -2.39. The summed E-state index contributed by atoms with van der Waals surface area (Å²) in [4.78, 5) is 21.5. The number of amides is 2. The molecule has 7 nitrogen and oxygen atoms in total. The van der Waals surface area contributed by atoms with Crippen molar-refractivity contribution in [2.45, 2.75) is 70.8 Å². The number of rotatable bonds is 5. The van der Waals surface area contributed by atoms with Crippen LogP contribution in [-0.2, 0) is 0 Å². The van der Waals surface area contributed by atoms with Gasteiger partial charge in [0.2, 0.25) is 5.89 Å². The first-order chi connectivity index (χ1) is 13.5. The molecule has 0 radical (unpaired) electrons. The quantitative estimate of drug-likeness (QED) is 0.833. The number of hydrogen-bond donors (Lipinski definition) is 1. The molecule has 3 fully saturated rings. The first-order valence-electron chi connectivity index (χ1n) is 11.0. The van der Waals surface area contributed by atoms with E-state index in [1.54, 1.807) is 0 Å². The molecule has 0 bridgehead atoms. The normalized spacial score (nSPS) is 25.4. The summed E-state index contributed by atoms with van der Waals surface area (Å²) < 4.78 is 5.56. The van der Waals surface area contributed by atoms with E-state index in [-0.39, 0.29) is 17.5 Å². The Morgan fingerprint density at radius 2 is 2.07 bits per heavy atom. The summed E-state index contributed by atoms with van der Waals surface area (Å²) in [6.07, 6.45) is 7.84. The van der Waals surface area contributed by atoms with Gasteiger partial charge in [-0.3, -0.25) is 4.90 Å². The molecule has 3 aliphatic rings. The summed E-state index contributed by atoms with van der Waals surface area (Å²) in [7, 11) is 2.17. The Morgan fingerprint density at radius 1 is 1.32 bits per heavy atom. The molecule has 7 heteroatoms. The van der Waals surface area contributed by atoms with Crippen molar-refractivity contribution in [2.75, 3.05) is 33.2 Å². The van der Waals surface area contributed by atoms with Crippen LogP contribution in [0.3, 0.4) is 0 Å². The predicted octanol–water partition coefficient (Wildman–Crippen LogP) is 3.55. The van der Waals surface area contributed by atoms with E-state index in [0.717, 1.165) is 63.6 Å². The van der Waals surface area contributed by atoms with Crippen molar-refractivity contribution >= 4 is 6.03 Å². The topological polar surface area (TPSA) is 74.5 Å². The summed E-state index contributed by atoms with van der Waals surface area (Å²) >= 11 is 0. The maximum atomic E-state index is 12.4. The van der Waals surface area contributed by atoms with Crippen LogP contribution in [0.4, 0.5) is 4.79 Å². The molecule has 2 amide bonds. The fraction of sp³-hybridized carbons (Fsp3) is 0.857. The van der Waals surface area contributed by atoms with Gasteiger partial charge in [0.1, 0.15) is 0 Å². The summed E-state index contributed by atoms with van der Waals surface area (Å²) in [5.74, 6) is 2.80. The van der Waals surface area contributed by atoms with Crippen LogP contribution in [0, 0.1) is 11.3 Å². The van der Waals surface area contributed by atoms with Crippen LogP contribution in [0.25, 0.3) is 0 Å². The highest BCUT2D eigenvalue weighted by atomic mass is 16.5. The van der Waals surface area contributed by atoms with Gasteiger partial charge in [0.25, 0.3) is 0 Å². The zero-order valence-electron chi connectivity index (χ0n) is 17.6. The van der Waals surface area contributed by atoms with Gasteiger partial charge >= 0.3 is 6.03 Å². The van der Waals surface area contributed by atoms with Crippen molar-refractivity contribution in [3.05, 3.63) is 11.7 Å². The Morgan fingerprint density at radius 3 is 2.71 bits per heavy atom. The summed E-state index contributed by atoms with van der Waals surface area (Å²) in [6, 6.07) is 0.339. The van der Waals surface area contributed by atoms with Gasteiger partial charge in [-0.15, -0.1) is 0 Å². The van der Waals surface area contributed by atoms with Crippen molar-refractivity contribution in [1.29, 1.82) is 0 Å². The van der Waals surface area contributed by atoms with Gasteiger partial charge in [0.05, 0.1) is 6.04 Å². The Balaban J connectivity index is 1.31. The first kappa shape index (κ1) is 19.7. The molecule has 3 heterocycles. The molecule has 1 unspecified atom stereocenters. The maximum Gasteiger partial charge on any atom is 0.317 e. The van der Waals surface area contributed by atoms with E-state index >= 15 is 0 Å². The van der Waals surface area contributed by atoms with Crippen molar-refractivity contribution in [3.63, 3.8) is 0 Å². The lowest BCUT2D eigenvalue weighted by atomic mass is 9.76. The largest absolute Gasteiger partial charge is 0.339 e. The maximum absolute atomic E-state index is 12.4. The number of nitrogens with zero attached hydrogens (tertiary/aromatic N) is 4. The third-order valence-corrected chi connectivity index (χ3v) is 7.06. The van der Waals surface area contributed by atoms with Crippen LogP contribution >= 0.6 is 0 Å². The van der Waals surface area contributed by atoms with Crippen LogP contribution in [0.15, 0.2) is 4.52 Å². The number of carbonyl (C=O) groups is 1. The number of piperidine rings is 1. The molecular formula is C21H35N5O2. The second kappa shape index (κ2) is 8.01. The molecule has 1 N–H and O–H groups in total. The smallest absolute Gasteiger partial charge is 0.317 e. The highest BCUT2D eigenvalue weighted by Gasteiger charge is 2.46. The fourth-order valence-corrected chi connectivity index (χ4v) is 4.89. The van der Waals surface area contributed by atoms with E-state index < -0.39 is 0 Å². The third-order valence-electron chi connectivity index (χ3n) is 7.06. The summed E-state index contributed by atoms with van der Waals surface area (Å²) in [6.45, 7) is 7.87. The predicted molar refractivity (Wildman–Crippen MR) is 107 cm³/mol. The van der Waals surface area contributed by atoms with Gasteiger partial charge in [0, 0.05) is 32.1 Å². The van der Waals surface area contributed by atoms with E-state index in [1.807, 2.05) is 4.90 Å². The van der Waals surface area contributed by atoms with Crippen molar-refractivity contribution in [1.82, 2.24) is 25.3 Å². The number of hydrogen-bond acceptors (Lipinski definition) is 5. The van der Waals surface area contributed by atoms with Gasteiger partial charge in [-0.1, -0.05) is 25.4 Å². The van der Waals surface area contributed by atoms with Gasteiger partial charge < -0.3 is 14.7 Å². The average molecular weight is 390 g/mol. The number of carbonyl (C=O) groups excluding carboxylic acids is 1. The SMILES string of the molecule is CC(C)CCNC(=O)N1CCC2(CC1)CC(c1noc(C3CCC3)n1)N(C)C2. The Bertz CT molecular complexity index is 676. The van der Waals surface area contributed by atoms with Gasteiger partial charge in [-0.25, -0.2) is 4.79 Å². The molecule has 2 saturated heterocycles. The zero-order valence-corrected chi connectivity index (χ0v) is 17.6. The molecule has 2 aliphatic heterocycles. The minimum absolute atomic E-state index is 0.0988. The van der Waals surface area contributed by atoms with Crippen molar-refractivity contribution in [3.8, 4) is 0 Å². The third kappa shape index (κ3) is 4.04. The molecule has 1 aromatic rings. The van der Waals surface area contributed by atoms with Gasteiger partial charge in [-0.2, -0.15) is 4.98 Å². The molecular weight excluding hydrogens is 354 g/mol. The van der Waals surface area contributed by atoms with E-state index in [2.05, 4.69) is 36.3 Å². The lowest BCUT2D eigenvalue weighted by Crippen LogP contribution is -2.48.